The summed E-state index contributed by atoms with van der Waals surface area (Å²) in [6.07, 6.45) is 2.57. The molecule has 2 N–H and O–H groups in total. The Balaban J connectivity index is 1.66. The zero-order chi connectivity index (χ0) is 20.5. The van der Waals surface area contributed by atoms with Crippen molar-refractivity contribution in [2.75, 3.05) is 27.4 Å². The van der Waals surface area contributed by atoms with Crippen LogP contribution in [-0.4, -0.2) is 33.3 Å². The lowest BCUT2D eigenvalue weighted by Gasteiger charge is -2.15. The van der Waals surface area contributed by atoms with E-state index in [1.54, 1.807) is 14.2 Å². The Morgan fingerprint density at radius 3 is 2.45 bits per heavy atom. The van der Waals surface area contributed by atoms with Gasteiger partial charge in [0, 0.05) is 24.2 Å². The lowest BCUT2D eigenvalue weighted by Crippen LogP contribution is -2.36. The van der Waals surface area contributed by atoms with Gasteiger partial charge in [0.15, 0.2) is 17.5 Å². The number of nitrogens with one attached hydrogen (secondary N) is 2. The van der Waals surface area contributed by atoms with Crippen molar-refractivity contribution < 1.29 is 14.2 Å². The summed E-state index contributed by atoms with van der Waals surface area (Å²) >= 11 is 0. The van der Waals surface area contributed by atoms with E-state index in [1.165, 1.54) is 12.8 Å². The van der Waals surface area contributed by atoms with Gasteiger partial charge in [-0.2, -0.15) is 0 Å². The number of hydrogen-bond donors (Lipinski definition) is 2. The van der Waals surface area contributed by atoms with Crippen LogP contribution in [0.3, 0.4) is 0 Å². The predicted molar refractivity (Wildman–Crippen MR) is 116 cm³/mol. The van der Waals surface area contributed by atoms with Crippen LogP contribution in [-0.2, 0) is 13.1 Å². The first-order valence-electron chi connectivity index (χ1n) is 10.2. The van der Waals surface area contributed by atoms with Gasteiger partial charge in [-0.1, -0.05) is 30.3 Å². The van der Waals surface area contributed by atoms with Crippen LogP contribution in [0.25, 0.3) is 0 Å². The average molecular weight is 398 g/mol. The Morgan fingerprint density at radius 1 is 0.966 bits per heavy atom. The van der Waals surface area contributed by atoms with Gasteiger partial charge < -0.3 is 24.8 Å². The molecule has 0 saturated heterocycles. The van der Waals surface area contributed by atoms with Crippen LogP contribution in [0.1, 0.15) is 30.9 Å². The number of para-hydroxylation sites is 2. The molecule has 0 unspecified atom stereocenters. The highest BCUT2D eigenvalue weighted by molar-refractivity contribution is 5.79. The van der Waals surface area contributed by atoms with Gasteiger partial charge in [0.05, 0.1) is 27.4 Å². The smallest absolute Gasteiger partial charge is 0.191 e. The van der Waals surface area contributed by atoms with Crippen molar-refractivity contribution in [3.05, 3.63) is 53.6 Å². The van der Waals surface area contributed by atoms with Gasteiger partial charge in [0.2, 0.25) is 0 Å². The van der Waals surface area contributed by atoms with Crippen LogP contribution in [0.4, 0.5) is 0 Å². The second-order valence-corrected chi connectivity index (χ2v) is 7.06. The maximum Gasteiger partial charge on any atom is 0.191 e. The molecule has 6 nitrogen and oxygen atoms in total. The third-order valence-corrected chi connectivity index (χ3v) is 4.83. The lowest BCUT2D eigenvalue weighted by atomic mass is 10.2. The van der Waals surface area contributed by atoms with Crippen molar-refractivity contribution in [3.8, 4) is 17.2 Å². The largest absolute Gasteiger partial charge is 0.493 e. The molecule has 0 spiro atoms. The highest BCUT2D eigenvalue weighted by Crippen LogP contribution is 2.31. The number of benzene rings is 2. The van der Waals surface area contributed by atoms with E-state index < -0.39 is 0 Å². The molecule has 2 aromatic rings. The molecule has 1 fully saturated rings. The summed E-state index contributed by atoms with van der Waals surface area (Å²) in [6, 6.07) is 14.0. The van der Waals surface area contributed by atoms with E-state index in [1.807, 2.05) is 36.4 Å². The van der Waals surface area contributed by atoms with E-state index in [0.717, 1.165) is 41.9 Å². The van der Waals surface area contributed by atoms with E-state index >= 15 is 0 Å². The van der Waals surface area contributed by atoms with Crippen molar-refractivity contribution in [2.45, 2.75) is 32.9 Å². The molecular formula is C23H31N3O3. The van der Waals surface area contributed by atoms with Crippen molar-refractivity contribution in [3.63, 3.8) is 0 Å². The second-order valence-electron chi connectivity index (χ2n) is 7.06. The first-order chi connectivity index (χ1) is 14.2. The Kier molecular flexibility index (Phi) is 7.61. The highest BCUT2D eigenvalue weighted by atomic mass is 16.5. The molecule has 3 rings (SSSR count). The van der Waals surface area contributed by atoms with E-state index in [4.69, 9.17) is 19.2 Å². The van der Waals surface area contributed by atoms with Crippen LogP contribution in [0.5, 0.6) is 17.2 Å². The molecule has 1 aliphatic rings. The summed E-state index contributed by atoms with van der Waals surface area (Å²) in [7, 11) is 3.28. The van der Waals surface area contributed by atoms with Gasteiger partial charge in [0.1, 0.15) is 5.75 Å². The summed E-state index contributed by atoms with van der Waals surface area (Å²) < 4.78 is 16.9. The molecule has 0 heterocycles. The van der Waals surface area contributed by atoms with Crippen LogP contribution in [0, 0.1) is 5.92 Å². The minimum Gasteiger partial charge on any atom is -0.493 e. The molecule has 0 atom stereocenters. The molecule has 1 saturated carbocycles. The molecule has 156 valence electrons. The Labute approximate surface area is 173 Å². The molecule has 1 aliphatic carbocycles. The van der Waals surface area contributed by atoms with E-state index in [-0.39, 0.29) is 0 Å². The first kappa shape index (κ1) is 20.8. The van der Waals surface area contributed by atoms with Crippen LogP contribution < -0.4 is 24.8 Å². The zero-order valence-corrected chi connectivity index (χ0v) is 17.5. The Morgan fingerprint density at radius 2 is 1.72 bits per heavy atom. The monoisotopic (exact) mass is 397 g/mol. The number of rotatable bonds is 10. The summed E-state index contributed by atoms with van der Waals surface area (Å²) in [5.41, 5.74) is 2.09. The van der Waals surface area contributed by atoms with Crippen molar-refractivity contribution >= 4 is 5.96 Å². The second kappa shape index (κ2) is 10.6. The normalized spacial score (nSPS) is 13.7. The number of aliphatic imine (C=N–C) groups is 1. The zero-order valence-electron chi connectivity index (χ0n) is 17.5. The Hall–Kier alpha value is -2.89. The van der Waals surface area contributed by atoms with Gasteiger partial charge in [-0.25, -0.2) is 4.99 Å². The van der Waals surface area contributed by atoms with E-state index in [2.05, 4.69) is 23.6 Å². The van der Waals surface area contributed by atoms with Gasteiger partial charge in [-0.15, -0.1) is 0 Å². The number of hydrogen-bond acceptors (Lipinski definition) is 4. The molecular weight excluding hydrogens is 366 g/mol. The quantitative estimate of drug-likeness (QED) is 0.472. The average Bonchev–Trinajstić information content (AvgIpc) is 3.59. The van der Waals surface area contributed by atoms with Crippen LogP contribution >= 0.6 is 0 Å². The molecule has 0 aliphatic heterocycles. The molecule has 6 heteroatoms. The summed E-state index contributed by atoms with van der Waals surface area (Å²) in [5, 5.41) is 6.70. The topological polar surface area (TPSA) is 64.1 Å². The van der Waals surface area contributed by atoms with Crippen molar-refractivity contribution in [1.29, 1.82) is 0 Å². The van der Waals surface area contributed by atoms with Gasteiger partial charge in [-0.05, 0) is 37.8 Å². The fourth-order valence-corrected chi connectivity index (χ4v) is 3.05. The Bertz CT molecular complexity index is 819. The maximum absolute atomic E-state index is 6.01. The van der Waals surface area contributed by atoms with Crippen molar-refractivity contribution in [1.82, 2.24) is 10.6 Å². The van der Waals surface area contributed by atoms with E-state index in [9.17, 15) is 0 Å². The van der Waals surface area contributed by atoms with Gasteiger partial charge >= 0.3 is 0 Å². The third-order valence-electron chi connectivity index (χ3n) is 4.83. The molecule has 2 aromatic carbocycles. The van der Waals surface area contributed by atoms with Crippen LogP contribution in [0.15, 0.2) is 47.5 Å². The number of methoxy groups -OCH3 is 2. The van der Waals surface area contributed by atoms with Crippen molar-refractivity contribution in [2.24, 2.45) is 10.9 Å². The molecule has 0 aromatic heterocycles. The SMILES string of the molecule is CCNC(=NCc1cccc(OC)c1OC)NCc1ccccc1OCC1CC1. The number of nitrogens with zero attached hydrogens (tertiary/aromatic N) is 1. The van der Waals surface area contributed by atoms with E-state index in [0.29, 0.717) is 24.6 Å². The molecule has 29 heavy (non-hydrogen) atoms. The maximum atomic E-state index is 6.01. The number of guanidine groups is 1. The molecule has 0 bridgehead atoms. The van der Waals surface area contributed by atoms with Gasteiger partial charge in [-0.3, -0.25) is 0 Å². The highest BCUT2D eigenvalue weighted by Gasteiger charge is 2.22. The molecule has 0 amide bonds. The minimum absolute atomic E-state index is 0.482. The fourth-order valence-electron chi connectivity index (χ4n) is 3.05. The first-order valence-corrected chi connectivity index (χ1v) is 10.2. The predicted octanol–water partition coefficient (Wildman–Crippen LogP) is 3.75. The summed E-state index contributed by atoms with van der Waals surface area (Å²) in [4.78, 5) is 4.71. The fraction of sp³-hybridized carbons (Fsp3) is 0.435. The lowest BCUT2D eigenvalue weighted by molar-refractivity contribution is 0.296. The number of ether oxygens (including phenoxy) is 3. The third kappa shape index (κ3) is 6.04. The molecule has 0 radical (unpaired) electrons. The van der Waals surface area contributed by atoms with Crippen LogP contribution in [0.2, 0.25) is 0 Å². The minimum atomic E-state index is 0.482. The standard InChI is InChI=1S/C23H31N3O3/c1-4-24-23(26-15-19-9-7-11-21(27-2)22(19)28-3)25-14-18-8-5-6-10-20(18)29-16-17-12-13-17/h5-11,17H,4,12-16H2,1-3H3,(H2,24,25,26). The summed E-state index contributed by atoms with van der Waals surface area (Å²) in [5.74, 6) is 3.84. The summed E-state index contributed by atoms with van der Waals surface area (Å²) in [6.45, 7) is 4.76. The van der Waals surface area contributed by atoms with Gasteiger partial charge in [0.25, 0.3) is 0 Å².